The second-order valence-corrected chi connectivity index (χ2v) is 4.48. The minimum Gasteiger partial charge on any atom is -0.468 e. The fourth-order valence-corrected chi connectivity index (χ4v) is 2.03. The molecule has 0 aromatic heterocycles. The van der Waals surface area contributed by atoms with E-state index in [1.807, 2.05) is 11.9 Å². The van der Waals surface area contributed by atoms with Crippen molar-refractivity contribution in [3.05, 3.63) is 34.4 Å². The number of rotatable bonds is 6. The Bertz CT molecular complexity index is 422. The first kappa shape index (κ1) is 14.3. The van der Waals surface area contributed by atoms with E-state index in [2.05, 4.69) is 4.74 Å². The van der Waals surface area contributed by atoms with Crippen LogP contribution in [0.25, 0.3) is 0 Å². The van der Waals surface area contributed by atoms with Crippen LogP contribution < -0.4 is 4.90 Å². The molecule has 18 heavy (non-hydrogen) atoms. The quantitative estimate of drug-likeness (QED) is 0.340. The minimum absolute atomic E-state index is 0.0642. The van der Waals surface area contributed by atoms with E-state index in [0.717, 1.165) is 5.69 Å². The first-order valence-electron chi connectivity index (χ1n) is 5.14. The van der Waals surface area contributed by atoms with Crippen LogP contribution in [0.3, 0.4) is 0 Å². The molecule has 0 bridgehead atoms. The molecule has 0 fully saturated rings. The van der Waals surface area contributed by atoms with Gasteiger partial charge in [0.1, 0.15) is 0 Å². The largest absolute Gasteiger partial charge is 0.468 e. The average molecular weight is 270 g/mol. The normalized spacial score (nSPS) is 9.89. The van der Waals surface area contributed by atoms with Gasteiger partial charge in [0.05, 0.1) is 23.7 Å². The lowest BCUT2D eigenvalue weighted by Gasteiger charge is -2.18. The number of benzene rings is 1. The van der Waals surface area contributed by atoms with Crippen molar-refractivity contribution in [1.29, 1.82) is 0 Å². The van der Waals surface area contributed by atoms with E-state index in [1.165, 1.54) is 31.0 Å². The van der Waals surface area contributed by atoms with Crippen LogP contribution in [0.1, 0.15) is 0 Å². The van der Waals surface area contributed by atoms with Crippen molar-refractivity contribution in [1.82, 2.24) is 0 Å². The Morgan fingerprint density at radius 1 is 1.44 bits per heavy atom. The predicted octanol–water partition coefficient (Wildman–Crippen LogP) is 1.89. The fraction of sp³-hybridized carbons (Fsp3) is 0.364. The monoisotopic (exact) mass is 270 g/mol. The second kappa shape index (κ2) is 6.85. The predicted molar refractivity (Wildman–Crippen MR) is 70.8 cm³/mol. The molecule has 0 heterocycles. The molecule has 0 spiro atoms. The third-order valence-corrected chi connectivity index (χ3v) is 3.24. The number of carbonyl (C=O) groups is 1. The number of thioether (sulfide) groups is 1. The molecule has 98 valence electrons. The standard InChI is InChI=1S/C11H14N2O4S/c1-12(8-18-7-11(14)17-2)9-3-5-10(6-4-9)13(15)16/h3-6H,7-8H2,1-2H3. The third-order valence-electron chi connectivity index (χ3n) is 2.23. The van der Waals surface area contributed by atoms with Crippen LogP contribution in [0.5, 0.6) is 0 Å². The molecule has 0 aliphatic rings. The highest BCUT2D eigenvalue weighted by Gasteiger charge is 2.07. The summed E-state index contributed by atoms with van der Waals surface area (Å²) in [5, 5.41) is 10.5. The molecule has 6 nitrogen and oxygen atoms in total. The number of nitrogens with zero attached hydrogens (tertiary/aromatic N) is 2. The topological polar surface area (TPSA) is 72.7 Å². The maximum absolute atomic E-state index is 10.9. The Kier molecular flexibility index (Phi) is 5.44. The number of ether oxygens (including phenoxy) is 1. The van der Waals surface area contributed by atoms with Crippen LogP contribution in [0.15, 0.2) is 24.3 Å². The number of hydrogen-bond acceptors (Lipinski definition) is 6. The molecule has 0 aliphatic carbocycles. The lowest BCUT2D eigenvalue weighted by molar-refractivity contribution is -0.384. The number of methoxy groups -OCH3 is 1. The highest BCUT2D eigenvalue weighted by Crippen LogP contribution is 2.19. The lowest BCUT2D eigenvalue weighted by atomic mass is 10.3. The summed E-state index contributed by atoms with van der Waals surface area (Å²) in [7, 11) is 3.20. The van der Waals surface area contributed by atoms with Gasteiger partial charge in [-0.05, 0) is 12.1 Å². The van der Waals surface area contributed by atoms with Crippen LogP contribution in [0.2, 0.25) is 0 Å². The fourth-order valence-electron chi connectivity index (χ4n) is 1.23. The molecule has 1 aromatic rings. The molecule has 0 N–H and O–H groups in total. The first-order chi connectivity index (χ1) is 8.54. The molecule has 0 aliphatic heterocycles. The van der Waals surface area contributed by atoms with Gasteiger partial charge in [0, 0.05) is 24.9 Å². The summed E-state index contributed by atoms with van der Waals surface area (Å²) in [5.41, 5.74) is 0.923. The Morgan fingerprint density at radius 2 is 2.06 bits per heavy atom. The average Bonchev–Trinajstić information content (AvgIpc) is 2.38. The zero-order valence-corrected chi connectivity index (χ0v) is 11.0. The van der Waals surface area contributed by atoms with Crippen LogP contribution >= 0.6 is 11.8 Å². The van der Waals surface area contributed by atoms with Crippen LogP contribution in [0.4, 0.5) is 11.4 Å². The number of non-ortho nitro benzene ring substituents is 1. The van der Waals surface area contributed by atoms with Gasteiger partial charge in [-0.1, -0.05) is 0 Å². The molecular weight excluding hydrogens is 256 g/mol. The first-order valence-corrected chi connectivity index (χ1v) is 6.30. The molecule has 0 radical (unpaired) electrons. The maximum Gasteiger partial charge on any atom is 0.315 e. The SMILES string of the molecule is COC(=O)CSCN(C)c1ccc([N+](=O)[O-])cc1. The van der Waals surface area contributed by atoms with Gasteiger partial charge in [-0.3, -0.25) is 14.9 Å². The Balaban J connectivity index is 2.48. The van der Waals surface area contributed by atoms with Crippen molar-refractivity contribution in [3.8, 4) is 0 Å². The maximum atomic E-state index is 10.9. The molecule has 7 heteroatoms. The van der Waals surface area contributed by atoms with Crippen LogP contribution in [0, 0.1) is 10.1 Å². The van der Waals surface area contributed by atoms with Gasteiger partial charge in [0.15, 0.2) is 0 Å². The van der Waals surface area contributed by atoms with Gasteiger partial charge < -0.3 is 9.64 Å². The minimum atomic E-state index is -0.435. The molecule has 0 atom stereocenters. The van der Waals surface area contributed by atoms with Gasteiger partial charge in [-0.2, -0.15) is 0 Å². The van der Waals surface area contributed by atoms with E-state index in [0.29, 0.717) is 5.88 Å². The smallest absolute Gasteiger partial charge is 0.315 e. The van der Waals surface area contributed by atoms with E-state index >= 15 is 0 Å². The molecule has 0 amide bonds. The lowest BCUT2D eigenvalue weighted by Crippen LogP contribution is -2.17. The number of carbonyl (C=O) groups excluding carboxylic acids is 1. The summed E-state index contributed by atoms with van der Waals surface area (Å²) in [4.78, 5) is 22.9. The number of anilines is 1. The molecule has 1 rings (SSSR count). The Hall–Kier alpha value is -1.76. The Morgan fingerprint density at radius 3 is 2.56 bits per heavy atom. The van der Waals surface area contributed by atoms with E-state index in [1.54, 1.807) is 12.1 Å². The van der Waals surface area contributed by atoms with Crippen molar-refractivity contribution in [3.63, 3.8) is 0 Å². The van der Waals surface area contributed by atoms with E-state index in [-0.39, 0.29) is 17.4 Å². The zero-order chi connectivity index (χ0) is 13.5. The summed E-state index contributed by atoms with van der Waals surface area (Å²) in [6.07, 6.45) is 0. The number of hydrogen-bond donors (Lipinski definition) is 0. The van der Waals surface area contributed by atoms with Gasteiger partial charge in [0.25, 0.3) is 5.69 Å². The van der Waals surface area contributed by atoms with Crippen LogP contribution in [-0.2, 0) is 9.53 Å². The summed E-state index contributed by atoms with van der Waals surface area (Å²) >= 11 is 1.42. The molecular formula is C11H14N2O4S. The molecule has 1 aromatic carbocycles. The summed E-state index contributed by atoms with van der Waals surface area (Å²) in [6.45, 7) is 0. The van der Waals surface area contributed by atoms with Crippen molar-refractivity contribution in [2.24, 2.45) is 0 Å². The third kappa shape index (κ3) is 4.25. The summed E-state index contributed by atoms with van der Waals surface area (Å²) in [5.74, 6) is 0.623. The zero-order valence-electron chi connectivity index (χ0n) is 10.2. The molecule has 0 saturated heterocycles. The highest BCUT2D eigenvalue weighted by molar-refractivity contribution is 8.00. The van der Waals surface area contributed by atoms with Crippen molar-refractivity contribution in [2.45, 2.75) is 0 Å². The number of nitro groups is 1. The van der Waals surface area contributed by atoms with E-state index in [4.69, 9.17) is 0 Å². The highest BCUT2D eigenvalue weighted by atomic mass is 32.2. The van der Waals surface area contributed by atoms with E-state index < -0.39 is 4.92 Å². The number of nitro benzene ring substituents is 1. The summed E-state index contributed by atoms with van der Waals surface area (Å²) < 4.78 is 4.53. The van der Waals surface area contributed by atoms with Gasteiger partial charge in [0.2, 0.25) is 0 Å². The van der Waals surface area contributed by atoms with Crippen molar-refractivity contribution >= 4 is 29.1 Å². The van der Waals surface area contributed by atoms with E-state index in [9.17, 15) is 14.9 Å². The Labute approximate surface area is 109 Å². The van der Waals surface area contributed by atoms with Crippen molar-refractivity contribution in [2.75, 3.05) is 30.7 Å². The van der Waals surface area contributed by atoms with Gasteiger partial charge in [-0.25, -0.2) is 0 Å². The molecule has 0 unspecified atom stereocenters. The van der Waals surface area contributed by atoms with Crippen LogP contribution in [-0.4, -0.2) is 36.7 Å². The molecule has 0 saturated carbocycles. The number of esters is 1. The van der Waals surface area contributed by atoms with Gasteiger partial charge in [-0.15, -0.1) is 11.8 Å². The summed E-state index contributed by atoms with van der Waals surface area (Å²) in [6, 6.07) is 6.27. The second-order valence-electron chi connectivity index (χ2n) is 3.53. The van der Waals surface area contributed by atoms with Crippen molar-refractivity contribution < 1.29 is 14.5 Å². The van der Waals surface area contributed by atoms with Gasteiger partial charge >= 0.3 is 5.97 Å².